The number of hydrogen-bond donors (Lipinski definition) is 1. The minimum atomic E-state index is 0.141. The second-order valence-corrected chi connectivity index (χ2v) is 5.38. The molecule has 1 rings (SSSR count). The number of nitrogens with one attached hydrogen (secondary N) is 1. The number of rotatable bonds is 8. The molecular formula is C17H27NO. The van der Waals surface area contributed by atoms with Crippen molar-refractivity contribution in [3.05, 3.63) is 29.3 Å². The van der Waals surface area contributed by atoms with Crippen LogP contribution in [-0.4, -0.2) is 5.91 Å². The van der Waals surface area contributed by atoms with E-state index in [0.29, 0.717) is 6.42 Å². The minimum absolute atomic E-state index is 0.141. The van der Waals surface area contributed by atoms with Crippen LogP contribution >= 0.6 is 0 Å². The van der Waals surface area contributed by atoms with Crippen LogP contribution in [0.4, 0.5) is 5.69 Å². The summed E-state index contributed by atoms with van der Waals surface area (Å²) in [6.07, 6.45) is 7.95. The Morgan fingerprint density at radius 3 is 2.42 bits per heavy atom. The monoisotopic (exact) mass is 261 g/mol. The van der Waals surface area contributed by atoms with Crippen LogP contribution in [0.2, 0.25) is 0 Å². The Labute approximate surface area is 117 Å². The number of benzene rings is 1. The number of carbonyl (C=O) groups excluding carboxylic acids is 1. The molecule has 0 aliphatic carbocycles. The van der Waals surface area contributed by atoms with Gasteiger partial charge < -0.3 is 5.32 Å². The largest absolute Gasteiger partial charge is 0.326 e. The molecule has 0 fully saturated rings. The Balaban J connectivity index is 2.23. The quantitative estimate of drug-likeness (QED) is 0.656. The molecule has 19 heavy (non-hydrogen) atoms. The molecule has 2 nitrogen and oxygen atoms in total. The van der Waals surface area contributed by atoms with E-state index >= 15 is 0 Å². The lowest BCUT2D eigenvalue weighted by Crippen LogP contribution is -2.12. The Hall–Kier alpha value is -1.31. The standard InChI is InChI=1S/C17H27NO/c1-4-5-6-7-8-9-10-17(19)18-16-12-11-14(2)13-15(16)3/h11-13H,4-10H2,1-3H3,(H,18,19). The van der Waals surface area contributed by atoms with Gasteiger partial charge in [-0.2, -0.15) is 0 Å². The van der Waals surface area contributed by atoms with E-state index < -0.39 is 0 Å². The van der Waals surface area contributed by atoms with Crippen LogP contribution in [0.15, 0.2) is 18.2 Å². The molecule has 0 unspecified atom stereocenters. The summed E-state index contributed by atoms with van der Waals surface area (Å²) >= 11 is 0. The van der Waals surface area contributed by atoms with Crippen LogP contribution in [0, 0.1) is 13.8 Å². The molecule has 1 aromatic rings. The Morgan fingerprint density at radius 1 is 1.05 bits per heavy atom. The molecule has 2 heteroatoms. The predicted molar refractivity (Wildman–Crippen MR) is 82.5 cm³/mol. The minimum Gasteiger partial charge on any atom is -0.326 e. The molecule has 1 N–H and O–H groups in total. The molecule has 1 amide bonds. The van der Waals surface area contributed by atoms with Crippen LogP contribution in [0.1, 0.15) is 63.0 Å². The first kappa shape index (κ1) is 15.7. The van der Waals surface area contributed by atoms with E-state index in [4.69, 9.17) is 0 Å². The van der Waals surface area contributed by atoms with Crippen molar-refractivity contribution in [3.63, 3.8) is 0 Å². The number of amides is 1. The van der Waals surface area contributed by atoms with Crippen molar-refractivity contribution in [1.29, 1.82) is 0 Å². The van der Waals surface area contributed by atoms with Gasteiger partial charge >= 0.3 is 0 Å². The number of anilines is 1. The maximum atomic E-state index is 11.8. The SMILES string of the molecule is CCCCCCCCC(=O)Nc1ccc(C)cc1C. The average Bonchev–Trinajstić information content (AvgIpc) is 2.37. The summed E-state index contributed by atoms with van der Waals surface area (Å²) in [5, 5.41) is 3.00. The molecule has 0 saturated heterocycles. The van der Waals surface area contributed by atoms with Crippen LogP contribution in [-0.2, 0) is 4.79 Å². The Morgan fingerprint density at radius 2 is 1.74 bits per heavy atom. The Bertz CT molecular complexity index is 398. The van der Waals surface area contributed by atoms with Gasteiger partial charge in [-0.25, -0.2) is 0 Å². The van der Waals surface area contributed by atoms with Crippen LogP contribution in [0.5, 0.6) is 0 Å². The Kier molecular flexibility index (Phi) is 7.24. The second-order valence-electron chi connectivity index (χ2n) is 5.38. The predicted octanol–water partition coefficient (Wildman–Crippen LogP) is 4.99. The van der Waals surface area contributed by atoms with E-state index in [2.05, 4.69) is 25.2 Å². The molecule has 0 aliphatic heterocycles. The first-order chi connectivity index (χ1) is 9.13. The van der Waals surface area contributed by atoms with Crippen LogP contribution < -0.4 is 5.32 Å². The first-order valence-corrected chi connectivity index (χ1v) is 7.50. The molecule has 0 aliphatic rings. The highest BCUT2D eigenvalue weighted by atomic mass is 16.1. The van der Waals surface area contributed by atoms with E-state index in [1.165, 1.54) is 37.7 Å². The van der Waals surface area contributed by atoms with Gasteiger partial charge in [0.15, 0.2) is 0 Å². The van der Waals surface area contributed by atoms with Gasteiger partial charge in [0.25, 0.3) is 0 Å². The van der Waals surface area contributed by atoms with Crippen LogP contribution in [0.3, 0.4) is 0 Å². The number of aryl methyl sites for hydroxylation is 2. The average molecular weight is 261 g/mol. The van der Waals surface area contributed by atoms with Gasteiger partial charge in [-0.1, -0.05) is 56.7 Å². The fourth-order valence-electron chi connectivity index (χ4n) is 2.23. The van der Waals surface area contributed by atoms with Gasteiger partial charge in [0, 0.05) is 12.1 Å². The lowest BCUT2D eigenvalue weighted by Gasteiger charge is -2.09. The number of carbonyl (C=O) groups is 1. The zero-order valence-corrected chi connectivity index (χ0v) is 12.6. The molecule has 0 bridgehead atoms. The molecule has 1 aromatic carbocycles. The van der Waals surface area contributed by atoms with Crippen molar-refractivity contribution in [1.82, 2.24) is 0 Å². The highest BCUT2D eigenvalue weighted by Crippen LogP contribution is 2.16. The zero-order valence-electron chi connectivity index (χ0n) is 12.6. The summed E-state index contributed by atoms with van der Waals surface area (Å²) in [5.41, 5.74) is 3.31. The molecule has 0 atom stereocenters. The number of hydrogen-bond acceptors (Lipinski definition) is 1. The summed E-state index contributed by atoms with van der Waals surface area (Å²) in [4.78, 5) is 11.8. The highest BCUT2D eigenvalue weighted by molar-refractivity contribution is 5.91. The third kappa shape index (κ3) is 6.42. The third-order valence-corrected chi connectivity index (χ3v) is 3.41. The number of unbranched alkanes of at least 4 members (excludes halogenated alkanes) is 5. The first-order valence-electron chi connectivity index (χ1n) is 7.50. The van der Waals surface area contributed by atoms with Crippen molar-refractivity contribution in [2.45, 2.75) is 65.7 Å². The summed E-state index contributed by atoms with van der Waals surface area (Å²) in [6, 6.07) is 6.12. The molecule has 0 radical (unpaired) electrons. The normalized spacial score (nSPS) is 10.5. The van der Waals surface area contributed by atoms with Gasteiger partial charge in [-0.3, -0.25) is 4.79 Å². The smallest absolute Gasteiger partial charge is 0.224 e. The van der Waals surface area contributed by atoms with Crippen LogP contribution in [0.25, 0.3) is 0 Å². The maximum Gasteiger partial charge on any atom is 0.224 e. The van der Waals surface area contributed by atoms with E-state index in [1.807, 2.05) is 19.1 Å². The summed E-state index contributed by atoms with van der Waals surface area (Å²) < 4.78 is 0. The summed E-state index contributed by atoms with van der Waals surface area (Å²) in [5.74, 6) is 0.141. The lowest BCUT2D eigenvalue weighted by molar-refractivity contribution is -0.116. The fourth-order valence-corrected chi connectivity index (χ4v) is 2.23. The molecular weight excluding hydrogens is 234 g/mol. The van der Waals surface area contributed by atoms with Crippen molar-refractivity contribution >= 4 is 11.6 Å². The van der Waals surface area contributed by atoms with E-state index in [-0.39, 0.29) is 5.91 Å². The topological polar surface area (TPSA) is 29.1 Å². The van der Waals surface area contributed by atoms with E-state index in [1.54, 1.807) is 0 Å². The van der Waals surface area contributed by atoms with Crippen molar-refractivity contribution in [3.8, 4) is 0 Å². The zero-order chi connectivity index (χ0) is 14.1. The lowest BCUT2D eigenvalue weighted by atomic mass is 10.1. The van der Waals surface area contributed by atoms with Crippen molar-refractivity contribution in [2.75, 3.05) is 5.32 Å². The van der Waals surface area contributed by atoms with Gasteiger partial charge in [0.1, 0.15) is 0 Å². The third-order valence-electron chi connectivity index (χ3n) is 3.41. The molecule has 0 aromatic heterocycles. The molecule has 0 heterocycles. The van der Waals surface area contributed by atoms with E-state index in [9.17, 15) is 4.79 Å². The van der Waals surface area contributed by atoms with Gasteiger partial charge in [0.05, 0.1) is 0 Å². The van der Waals surface area contributed by atoms with Gasteiger partial charge in [-0.05, 0) is 31.9 Å². The molecule has 0 saturated carbocycles. The fraction of sp³-hybridized carbons (Fsp3) is 0.588. The van der Waals surface area contributed by atoms with Gasteiger partial charge in [-0.15, -0.1) is 0 Å². The highest BCUT2D eigenvalue weighted by Gasteiger charge is 2.04. The van der Waals surface area contributed by atoms with Crippen molar-refractivity contribution < 1.29 is 4.79 Å². The summed E-state index contributed by atoms with van der Waals surface area (Å²) in [6.45, 7) is 6.32. The van der Waals surface area contributed by atoms with E-state index in [0.717, 1.165) is 17.7 Å². The van der Waals surface area contributed by atoms with Crippen molar-refractivity contribution in [2.24, 2.45) is 0 Å². The molecule has 106 valence electrons. The molecule has 0 spiro atoms. The summed E-state index contributed by atoms with van der Waals surface area (Å²) in [7, 11) is 0. The second kappa shape index (κ2) is 8.73. The maximum absolute atomic E-state index is 11.8. The van der Waals surface area contributed by atoms with Gasteiger partial charge in [0.2, 0.25) is 5.91 Å².